The molecule has 0 unspecified atom stereocenters. The molecule has 1 aromatic rings. The number of anilines is 1. The second kappa shape index (κ2) is 6.00. The Labute approximate surface area is 126 Å². The van der Waals surface area contributed by atoms with Crippen LogP contribution in [0.4, 0.5) is 5.13 Å². The van der Waals surface area contributed by atoms with Gasteiger partial charge in [0.25, 0.3) is 0 Å². The lowest BCUT2D eigenvalue weighted by atomic mass is 10.0. The zero-order valence-electron chi connectivity index (χ0n) is 12.9. The number of hydrogen-bond donors (Lipinski definition) is 1. The number of piperidine rings is 1. The van der Waals surface area contributed by atoms with E-state index in [9.17, 15) is 0 Å². The van der Waals surface area contributed by atoms with Crippen LogP contribution in [0.2, 0.25) is 0 Å². The highest BCUT2D eigenvalue weighted by Gasteiger charge is 2.24. The van der Waals surface area contributed by atoms with Gasteiger partial charge in [-0.05, 0) is 52.7 Å². The summed E-state index contributed by atoms with van der Waals surface area (Å²) in [5.41, 5.74) is 1.21. The van der Waals surface area contributed by atoms with E-state index in [1.807, 2.05) is 11.3 Å². The van der Waals surface area contributed by atoms with Gasteiger partial charge in [0.2, 0.25) is 0 Å². The molecule has 0 bridgehead atoms. The smallest absolute Gasteiger partial charge is 0.185 e. The standard InChI is InChI=1S/C15H26N4S/c1-11-14(10-16-12-4-5-12)20-15(17-11)19(3)13-6-8-18(2)9-7-13/h12-13,16H,4-10H2,1-3H3. The molecular weight excluding hydrogens is 268 g/mol. The van der Waals surface area contributed by atoms with Crippen molar-refractivity contribution in [2.45, 2.75) is 51.2 Å². The normalized spacial score (nSPS) is 21.4. The topological polar surface area (TPSA) is 31.4 Å². The maximum absolute atomic E-state index is 4.79. The van der Waals surface area contributed by atoms with Crippen molar-refractivity contribution in [1.29, 1.82) is 0 Å². The lowest BCUT2D eigenvalue weighted by molar-refractivity contribution is 0.253. The van der Waals surface area contributed by atoms with Crippen LogP contribution in [-0.2, 0) is 6.54 Å². The van der Waals surface area contributed by atoms with E-state index in [1.165, 1.54) is 54.5 Å². The number of aromatic nitrogens is 1. The molecule has 1 aliphatic carbocycles. The Kier molecular flexibility index (Phi) is 4.29. The molecule has 0 atom stereocenters. The van der Waals surface area contributed by atoms with Crippen LogP contribution in [0.25, 0.3) is 0 Å². The summed E-state index contributed by atoms with van der Waals surface area (Å²) in [5.74, 6) is 0. The largest absolute Gasteiger partial charge is 0.348 e. The molecule has 1 saturated heterocycles. The van der Waals surface area contributed by atoms with Gasteiger partial charge in [0.15, 0.2) is 5.13 Å². The fourth-order valence-corrected chi connectivity index (χ4v) is 3.84. The van der Waals surface area contributed by atoms with Crippen LogP contribution < -0.4 is 10.2 Å². The highest BCUT2D eigenvalue weighted by molar-refractivity contribution is 7.15. The third kappa shape index (κ3) is 3.32. The molecule has 112 valence electrons. The molecule has 0 spiro atoms. The van der Waals surface area contributed by atoms with Crippen LogP contribution in [0.15, 0.2) is 0 Å². The Bertz CT molecular complexity index is 447. The van der Waals surface area contributed by atoms with Gasteiger partial charge in [-0.15, -0.1) is 11.3 Å². The van der Waals surface area contributed by atoms with E-state index in [0.717, 1.165) is 12.6 Å². The fourth-order valence-electron chi connectivity index (χ4n) is 2.79. The number of nitrogens with one attached hydrogen (secondary N) is 1. The average molecular weight is 294 g/mol. The van der Waals surface area contributed by atoms with Crippen LogP contribution in [0.1, 0.15) is 36.3 Å². The monoisotopic (exact) mass is 294 g/mol. The molecule has 2 aliphatic rings. The van der Waals surface area contributed by atoms with Gasteiger partial charge in [-0.3, -0.25) is 0 Å². The van der Waals surface area contributed by atoms with Crippen molar-refractivity contribution in [3.05, 3.63) is 10.6 Å². The molecule has 1 aromatic heterocycles. The maximum Gasteiger partial charge on any atom is 0.185 e. The van der Waals surface area contributed by atoms with Gasteiger partial charge >= 0.3 is 0 Å². The molecule has 1 aliphatic heterocycles. The second-order valence-electron chi connectivity index (χ2n) is 6.31. The van der Waals surface area contributed by atoms with Crippen molar-refractivity contribution in [3.63, 3.8) is 0 Å². The first-order valence-corrected chi connectivity index (χ1v) is 8.56. The summed E-state index contributed by atoms with van der Waals surface area (Å²) in [7, 11) is 4.43. The Morgan fingerprint density at radius 2 is 2.00 bits per heavy atom. The Morgan fingerprint density at radius 3 is 2.65 bits per heavy atom. The molecule has 5 heteroatoms. The number of rotatable bonds is 5. The van der Waals surface area contributed by atoms with Crippen molar-refractivity contribution < 1.29 is 0 Å². The van der Waals surface area contributed by atoms with E-state index in [2.05, 4.69) is 36.1 Å². The van der Waals surface area contributed by atoms with E-state index in [1.54, 1.807) is 0 Å². The maximum atomic E-state index is 4.79. The molecule has 20 heavy (non-hydrogen) atoms. The van der Waals surface area contributed by atoms with Crippen molar-refractivity contribution in [1.82, 2.24) is 15.2 Å². The van der Waals surface area contributed by atoms with Gasteiger partial charge in [0.05, 0.1) is 5.69 Å². The minimum atomic E-state index is 0.654. The van der Waals surface area contributed by atoms with Gasteiger partial charge in [0.1, 0.15) is 0 Å². The third-order valence-corrected chi connectivity index (χ3v) is 5.80. The van der Waals surface area contributed by atoms with E-state index >= 15 is 0 Å². The van der Waals surface area contributed by atoms with Crippen molar-refractivity contribution in [2.24, 2.45) is 0 Å². The Balaban J connectivity index is 1.61. The molecule has 0 radical (unpaired) electrons. The average Bonchev–Trinajstić information content (AvgIpc) is 3.20. The zero-order chi connectivity index (χ0) is 14.1. The van der Waals surface area contributed by atoms with Gasteiger partial charge in [-0.25, -0.2) is 4.98 Å². The quantitative estimate of drug-likeness (QED) is 0.902. The molecular formula is C15H26N4S. The SMILES string of the molecule is Cc1nc(N(C)C2CCN(C)CC2)sc1CNC1CC1. The van der Waals surface area contributed by atoms with Crippen molar-refractivity contribution in [2.75, 3.05) is 32.1 Å². The zero-order valence-corrected chi connectivity index (χ0v) is 13.7. The summed E-state index contributed by atoms with van der Waals surface area (Å²) in [4.78, 5) is 11.0. The minimum absolute atomic E-state index is 0.654. The first-order valence-electron chi connectivity index (χ1n) is 7.74. The molecule has 4 nitrogen and oxygen atoms in total. The molecule has 1 N–H and O–H groups in total. The summed E-state index contributed by atoms with van der Waals surface area (Å²) >= 11 is 1.87. The number of likely N-dealkylation sites (tertiary alicyclic amines) is 1. The van der Waals surface area contributed by atoms with Gasteiger partial charge in [-0.1, -0.05) is 0 Å². The second-order valence-corrected chi connectivity index (χ2v) is 7.37. The van der Waals surface area contributed by atoms with E-state index in [4.69, 9.17) is 4.98 Å². The van der Waals surface area contributed by atoms with Crippen LogP contribution in [0.5, 0.6) is 0 Å². The van der Waals surface area contributed by atoms with Gasteiger partial charge < -0.3 is 15.1 Å². The third-order valence-electron chi connectivity index (χ3n) is 4.55. The summed E-state index contributed by atoms with van der Waals surface area (Å²) in [6, 6.07) is 1.42. The van der Waals surface area contributed by atoms with E-state index < -0.39 is 0 Å². The molecule has 2 fully saturated rings. The lowest BCUT2D eigenvalue weighted by Gasteiger charge is -2.34. The van der Waals surface area contributed by atoms with Crippen LogP contribution >= 0.6 is 11.3 Å². The van der Waals surface area contributed by atoms with E-state index in [-0.39, 0.29) is 0 Å². The van der Waals surface area contributed by atoms with Gasteiger partial charge in [-0.2, -0.15) is 0 Å². The summed E-state index contributed by atoms with van der Waals surface area (Å²) in [6.45, 7) is 5.55. The Morgan fingerprint density at radius 1 is 1.30 bits per heavy atom. The first-order chi connectivity index (χ1) is 9.63. The highest BCUT2D eigenvalue weighted by atomic mass is 32.1. The molecule has 0 aromatic carbocycles. The number of hydrogen-bond acceptors (Lipinski definition) is 5. The molecule has 1 saturated carbocycles. The van der Waals surface area contributed by atoms with E-state index in [0.29, 0.717) is 6.04 Å². The lowest BCUT2D eigenvalue weighted by Crippen LogP contribution is -2.41. The number of aryl methyl sites for hydroxylation is 1. The number of nitrogens with zero attached hydrogens (tertiary/aromatic N) is 3. The van der Waals surface area contributed by atoms with Crippen LogP contribution in [0, 0.1) is 6.92 Å². The Hall–Kier alpha value is -0.650. The predicted octanol–water partition coefficient (Wildman–Crippen LogP) is 2.23. The van der Waals surface area contributed by atoms with Crippen molar-refractivity contribution in [3.8, 4) is 0 Å². The predicted molar refractivity (Wildman–Crippen MR) is 85.6 cm³/mol. The highest BCUT2D eigenvalue weighted by Crippen LogP contribution is 2.29. The fraction of sp³-hybridized carbons (Fsp3) is 0.800. The summed E-state index contributed by atoms with van der Waals surface area (Å²) in [6.07, 6.45) is 5.20. The number of thiazole rings is 1. The molecule has 3 rings (SSSR count). The van der Waals surface area contributed by atoms with Gasteiger partial charge in [0, 0.05) is 30.6 Å². The molecule has 0 amide bonds. The summed E-state index contributed by atoms with van der Waals surface area (Å²) < 4.78 is 0. The van der Waals surface area contributed by atoms with Crippen LogP contribution in [-0.4, -0.2) is 49.2 Å². The minimum Gasteiger partial charge on any atom is -0.348 e. The van der Waals surface area contributed by atoms with Crippen LogP contribution in [0.3, 0.4) is 0 Å². The first kappa shape index (κ1) is 14.3. The van der Waals surface area contributed by atoms with Crippen molar-refractivity contribution >= 4 is 16.5 Å². The summed E-state index contributed by atoms with van der Waals surface area (Å²) in [5, 5.41) is 4.80. The molecule has 2 heterocycles.